The molecule has 0 aromatic carbocycles. The first-order chi connectivity index (χ1) is 8.22. The molecular weight excluding hydrogens is 224 g/mol. The molecule has 0 aromatic rings. The minimum absolute atomic E-state index is 0.939. The molecule has 1 aliphatic rings. The molecule has 0 fully saturated rings. The average molecular weight is 242 g/mol. The summed E-state index contributed by atoms with van der Waals surface area (Å²) in [6, 6.07) is 0. The minimum atomic E-state index is 0.939. The van der Waals surface area contributed by atoms with Gasteiger partial charge in [-0.3, -0.25) is 0 Å². The second-order valence-corrected chi connectivity index (χ2v) is 4.90. The Morgan fingerprint density at radius 3 is 2.12 bits per heavy atom. The van der Waals surface area contributed by atoms with Crippen LogP contribution >= 0.6 is 11.8 Å². The number of thioether (sulfide) groups is 1. The predicted molar refractivity (Wildman–Crippen MR) is 80.8 cm³/mol. The highest BCUT2D eigenvalue weighted by Crippen LogP contribution is 2.39. The third-order valence-corrected chi connectivity index (χ3v) is 3.68. The van der Waals surface area contributed by atoms with E-state index in [0.29, 0.717) is 0 Å². The zero-order valence-corrected chi connectivity index (χ0v) is 11.1. The molecule has 0 aliphatic carbocycles. The van der Waals surface area contributed by atoms with Gasteiger partial charge in [0, 0.05) is 4.91 Å². The maximum Gasteiger partial charge on any atom is 0.0148 e. The van der Waals surface area contributed by atoms with Crippen molar-refractivity contribution in [1.29, 1.82) is 0 Å². The van der Waals surface area contributed by atoms with Crippen LogP contribution in [0.15, 0.2) is 83.2 Å². The summed E-state index contributed by atoms with van der Waals surface area (Å²) in [4.78, 5) is 2.56. The first-order valence-corrected chi connectivity index (χ1v) is 6.36. The lowest BCUT2D eigenvalue weighted by Gasteiger charge is -2.18. The van der Waals surface area contributed by atoms with E-state index in [1.54, 1.807) is 23.9 Å². The normalized spacial score (nSPS) is 17.0. The molecule has 0 amide bonds. The van der Waals surface area contributed by atoms with Gasteiger partial charge in [-0.1, -0.05) is 74.0 Å². The average Bonchev–Trinajstić information content (AvgIpc) is 2.35. The summed E-state index contributed by atoms with van der Waals surface area (Å²) in [5.41, 5.74) is 2.63. The zero-order chi connectivity index (χ0) is 12.7. The van der Waals surface area contributed by atoms with E-state index in [4.69, 9.17) is 0 Å². The molecule has 0 atom stereocenters. The van der Waals surface area contributed by atoms with Gasteiger partial charge in [0.05, 0.1) is 0 Å². The molecule has 1 heteroatoms. The fourth-order valence-electron chi connectivity index (χ4n) is 1.57. The van der Waals surface area contributed by atoms with Crippen molar-refractivity contribution in [2.75, 3.05) is 0 Å². The van der Waals surface area contributed by atoms with Crippen LogP contribution in [0.2, 0.25) is 0 Å². The molecule has 0 saturated heterocycles. The highest BCUT2D eigenvalue weighted by molar-refractivity contribution is 8.07. The number of rotatable bonds is 5. The minimum Gasteiger partial charge on any atom is -0.0991 e. The molecule has 0 nitrogen and oxygen atoms in total. The maximum absolute atomic E-state index is 3.87. The summed E-state index contributed by atoms with van der Waals surface area (Å²) in [6.07, 6.45) is 14.6. The Kier molecular flexibility index (Phi) is 5.58. The largest absolute Gasteiger partial charge is 0.0991 e. The van der Waals surface area contributed by atoms with Crippen LogP contribution in [-0.4, -0.2) is 0 Å². The lowest BCUT2D eigenvalue weighted by atomic mass is 10.0. The van der Waals surface area contributed by atoms with Gasteiger partial charge in [-0.05, 0) is 29.4 Å². The monoisotopic (exact) mass is 242 g/mol. The first-order valence-electron chi connectivity index (χ1n) is 5.54. The molecule has 0 unspecified atom stereocenters. The van der Waals surface area contributed by atoms with Gasteiger partial charge < -0.3 is 0 Å². The molecule has 0 radical (unpaired) electrons. The second kappa shape index (κ2) is 6.97. The smallest absolute Gasteiger partial charge is 0.0148 e. The SMILES string of the molecule is C=C/C=C\C1=C(C)SC(C=C)=C(/C=C\C=C)C1. The van der Waals surface area contributed by atoms with Crippen molar-refractivity contribution < 1.29 is 0 Å². The molecule has 1 aliphatic heterocycles. The summed E-state index contributed by atoms with van der Waals surface area (Å²) >= 11 is 1.77. The molecule has 88 valence electrons. The van der Waals surface area contributed by atoms with Gasteiger partial charge in [0.1, 0.15) is 0 Å². The Morgan fingerprint density at radius 1 is 1.00 bits per heavy atom. The fraction of sp³-hybridized carbons (Fsp3) is 0.125. The standard InChI is InChI=1S/C16H18S/c1-5-8-10-14-12-15(11-9-6-2)16(7-3)17-13(14)4/h5-11H,1-3,12H2,4H3/b10-8-,11-9-. The first kappa shape index (κ1) is 13.6. The quantitative estimate of drug-likeness (QED) is 0.588. The summed E-state index contributed by atoms with van der Waals surface area (Å²) in [7, 11) is 0. The van der Waals surface area contributed by atoms with Crippen LogP contribution in [0.1, 0.15) is 13.3 Å². The third kappa shape index (κ3) is 3.79. The molecule has 1 heterocycles. The summed E-state index contributed by atoms with van der Waals surface area (Å²) in [6.45, 7) is 13.4. The molecular formula is C16H18S. The fourth-order valence-corrected chi connectivity index (χ4v) is 2.53. The Balaban J connectivity index is 3.00. The van der Waals surface area contributed by atoms with Crippen molar-refractivity contribution in [3.8, 4) is 0 Å². The van der Waals surface area contributed by atoms with E-state index in [9.17, 15) is 0 Å². The molecule has 0 saturated carbocycles. The Labute approximate surface area is 109 Å². The highest BCUT2D eigenvalue weighted by atomic mass is 32.2. The van der Waals surface area contributed by atoms with Crippen molar-refractivity contribution in [3.05, 3.63) is 83.2 Å². The maximum atomic E-state index is 3.87. The van der Waals surface area contributed by atoms with Crippen molar-refractivity contribution in [2.45, 2.75) is 13.3 Å². The molecule has 1 rings (SSSR count). The third-order valence-electron chi connectivity index (χ3n) is 2.47. The van der Waals surface area contributed by atoms with Crippen LogP contribution in [0.3, 0.4) is 0 Å². The molecule has 0 aromatic heterocycles. The Hall–Kier alpha value is -1.47. The van der Waals surface area contributed by atoms with E-state index in [-0.39, 0.29) is 0 Å². The van der Waals surface area contributed by atoms with Gasteiger partial charge >= 0.3 is 0 Å². The lowest BCUT2D eigenvalue weighted by Crippen LogP contribution is -1.95. The number of hydrogen-bond donors (Lipinski definition) is 0. The van der Waals surface area contributed by atoms with E-state index < -0.39 is 0 Å². The predicted octanol–water partition coefficient (Wildman–Crippen LogP) is 5.32. The van der Waals surface area contributed by atoms with E-state index >= 15 is 0 Å². The Morgan fingerprint density at radius 2 is 1.59 bits per heavy atom. The van der Waals surface area contributed by atoms with Crippen LogP contribution in [0.4, 0.5) is 0 Å². The van der Waals surface area contributed by atoms with Crippen molar-refractivity contribution in [1.82, 2.24) is 0 Å². The van der Waals surface area contributed by atoms with Crippen LogP contribution in [0.5, 0.6) is 0 Å². The molecule has 0 spiro atoms. The molecule has 0 bridgehead atoms. The van der Waals surface area contributed by atoms with E-state index in [2.05, 4.69) is 38.8 Å². The van der Waals surface area contributed by atoms with Gasteiger partial charge in [0.25, 0.3) is 0 Å². The topological polar surface area (TPSA) is 0 Å². The molecule has 0 N–H and O–H groups in total. The second-order valence-electron chi connectivity index (χ2n) is 3.64. The Bertz CT molecular complexity index is 442. The number of allylic oxidation sites excluding steroid dienone is 10. The van der Waals surface area contributed by atoms with Crippen molar-refractivity contribution in [2.24, 2.45) is 0 Å². The number of hydrogen-bond acceptors (Lipinski definition) is 1. The zero-order valence-electron chi connectivity index (χ0n) is 10.3. The lowest BCUT2D eigenvalue weighted by molar-refractivity contribution is 1.17. The highest BCUT2D eigenvalue weighted by Gasteiger charge is 2.13. The van der Waals surface area contributed by atoms with Crippen LogP contribution in [0.25, 0.3) is 0 Å². The molecule has 17 heavy (non-hydrogen) atoms. The van der Waals surface area contributed by atoms with Crippen molar-refractivity contribution >= 4 is 11.8 Å². The van der Waals surface area contributed by atoms with Gasteiger partial charge in [-0.2, -0.15) is 0 Å². The van der Waals surface area contributed by atoms with Crippen LogP contribution < -0.4 is 0 Å². The summed E-state index contributed by atoms with van der Waals surface area (Å²) in [5.74, 6) is 0. The van der Waals surface area contributed by atoms with E-state index in [0.717, 1.165) is 6.42 Å². The van der Waals surface area contributed by atoms with Gasteiger partial charge in [0.15, 0.2) is 0 Å². The van der Waals surface area contributed by atoms with E-state index in [1.165, 1.54) is 21.0 Å². The van der Waals surface area contributed by atoms with Gasteiger partial charge in [-0.15, -0.1) is 0 Å². The summed E-state index contributed by atoms with van der Waals surface area (Å²) < 4.78 is 0. The van der Waals surface area contributed by atoms with Crippen LogP contribution in [-0.2, 0) is 0 Å². The van der Waals surface area contributed by atoms with Gasteiger partial charge in [-0.25, -0.2) is 0 Å². The van der Waals surface area contributed by atoms with Crippen molar-refractivity contribution in [3.63, 3.8) is 0 Å². The summed E-state index contributed by atoms with van der Waals surface area (Å²) in [5, 5.41) is 0. The van der Waals surface area contributed by atoms with E-state index in [1.807, 2.05) is 18.2 Å². The van der Waals surface area contributed by atoms with Crippen LogP contribution in [0, 0.1) is 0 Å². The van der Waals surface area contributed by atoms with Gasteiger partial charge in [0.2, 0.25) is 0 Å².